The number of carbonyl (C=O) groups is 1. The Morgan fingerprint density at radius 2 is 1.76 bits per heavy atom. The number of hydrogen-bond donors (Lipinski definition) is 1. The van der Waals surface area contributed by atoms with Crippen molar-refractivity contribution < 1.29 is 9.53 Å². The van der Waals surface area contributed by atoms with Crippen LogP contribution in [0.25, 0.3) is 0 Å². The van der Waals surface area contributed by atoms with Gasteiger partial charge < -0.3 is 10.1 Å². The molecule has 5 heteroatoms. The van der Waals surface area contributed by atoms with E-state index in [1.807, 2.05) is 36.4 Å². The molecule has 110 valence electrons. The Morgan fingerprint density at radius 3 is 2.43 bits per heavy atom. The first-order valence-corrected chi connectivity index (χ1v) is 7.70. The summed E-state index contributed by atoms with van der Waals surface area (Å²) in [5.74, 6) is 0.752. The molecule has 0 aromatic heterocycles. The van der Waals surface area contributed by atoms with Crippen LogP contribution in [0.5, 0.6) is 5.75 Å². The van der Waals surface area contributed by atoms with Crippen LogP contribution in [-0.2, 0) is 11.2 Å². The molecular weight excluding hydrogens is 354 g/mol. The van der Waals surface area contributed by atoms with Crippen LogP contribution < -0.4 is 10.1 Å². The maximum absolute atomic E-state index is 11.7. The van der Waals surface area contributed by atoms with Crippen LogP contribution in [0.2, 0.25) is 5.02 Å². The van der Waals surface area contributed by atoms with Crippen LogP contribution in [0.1, 0.15) is 5.56 Å². The van der Waals surface area contributed by atoms with Gasteiger partial charge in [0.2, 0.25) is 5.91 Å². The van der Waals surface area contributed by atoms with Crippen LogP contribution >= 0.6 is 27.5 Å². The lowest BCUT2D eigenvalue weighted by molar-refractivity contribution is -0.120. The van der Waals surface area contributed by atoms with Crippen molar-refractivity contribution >= 4 is 33.4 Å². The molecule has 0 bridgehead atoms. The molecule has 2 rings (SSSR count). The van der Waals surface area contributed by atoms with E-state index in [2.05, 4.69) is 21.2 Å². The Morgan fingerprint density at radius 1 is 1.10 bits per heavy atom. The van der Waals surface area contributed by atoms with Gasteiger partial charge in [0.15, 0.2) is 0 Å². The predicted molar refractivity (Wildman–Crippen MR) is 87.8 cm³/mol. The van der Waals surface area contributed by atoms with E-state index < -0.39 is 0 Å². The number of ether oxygens (including phenoxy) is 1. The summed E-state index contributed by atoms with van der Waals surface area (Å²) in [5.41, 5.74) is 0.936. The van der Waals surface area contributed by atoms with Gasteiger partial charge in [-0.1, -0.05) is 39.7 Å². The van der Waals surface area contributed by atoms with Crippen molar-refractivity contribution in [3.63, 3.8) is 0 Å². The van der Waals surface area contributed by atoms with Crippen molar-refractivity contribution in [3.8, 4) is 5.75 Å². The third-order valence-corrected chi connectivity index (χ3v) is 3.57. The van der Waals surface area contributed by atoms with Gasteiger partial charge in [-0.25, -0.2) is 0 Å². The lowest BCUT2D eigenvalue weighted by atomic mass is 10.1. The van der Waals surface area contributed by atoms with Gasteiger partial charge in [0.05, 0.1) is 13.0 Å². The summed E-state index contributed by atoms with van der Waals surface area (Å²) < 4.78 is 6.53. The van der Waals surface area contributed by atoms with E-state index in [9.17, 15) is 4.79 Å². The molecule has 0 atom stereocenters. The monoisotopic (exact) mass is 367 g/mol. The highest BCUT2D eigenvalue weighted by molar-refractivity contribution is 9.10. The van der Waals surface area contributed by atoms with Gasteiger partial charge >= 0.3 is 0 Å². The third-order valence-electron chi connectivity index (χ3n) is 2.78. The summed E-state index contributed by atoms with van der Waals surface area (Å²) in [5, 5.41) is 3.49. The Bertz CT molecular complexity index is 584. The smallest absolute Gasteiger partial charge is 0.224 e. The zero-order valence-corrected chi connectivity index (χ0v) is 13.7. The highest BCUT2D eigenvalue weighted by Gasteiger charge is 2.03. The molecule has 0 saturated heterocycles. The number of carbonyl (C=O) groups excluding carboxylic acids is 1. The number of amides is 1. The summed E-state index contributed by atoms with van der Waals surface area (Å²) in [6.07, 6.45) is 0.343. The average Bonchev–Trinajstić information content (AvgIpc) is 2.48. The number of hydrogen-bond acceptors (Lipinski definition) is 2. The molecule has 2 aromatic carbocycles. The molecule has 0 unspecified atom stereocenters. The molecule has 21 heavy (non-hydrogen) atoms. The maximum Gasteiger partial charge on any atom is 0.224 e. The molecule has 0 saturated carbocycles. The topological polar surface area (TPSA) is 38.3 Å². The van der Waals surface area contributed by atoms with Gasteiger partial charge in [-0.2, -0.15) is 0 Å². The molecule has 0 aliphatic rings. The Balaban J connectivity index is 1.67. The fourth-order valence-corrected chi connectivity index (χ4v) is 2.13. The highest BCUT2D eigenvalue weighted by Crippen LogP contribution is 2.15. The normalized spacial score (nSPS) is 10.2. The molecule has 0 radical (unpaired) electrons. The summed E-state index contributed by atoms with van der Waals surface area (Å²) >= 11 is 9.16. The van der Waals surface area contributed by atoms with Crippen molar-refractivity contribution in [2.24, 2.45) is 0 Å². The van der Waals surface area contributed by atoms with Crippen molar-refractivity contribution in [1.29, 1.82) is 0 Å². The standard InChI is InChI=1S/C16H15BrClNO2/c17-13-3-7-15(8-4-13)21-10-9-19-16(20)11-12-1-5-14(18)6-2-12/h1-8H,9-11H2,(H,19,20). The zero-order chi connectivity index (χ0) is 15.1. The minimum absolute atomic E-state index is 0.0308. The molecule has 2 aromatic rings. The van der Waals surface area contributed by atoms with E-state index in [-0.39, 0.29) is 5.91 Å². The fourth-order valence-electron chi connectivity index (χ4n) is 1.74. The molecule has 0 spiro atoms. The molecule has 0 heterocycles. The van der Waals surface area contributed by atoms with Crippen LogP contribution in [0.15, 0.2) is 53.0 Å². The lowest BCUT2D eigenvalue weighted by Gasteiger charge is -2.08. The van der Waals surface area contributed by atoms with Gasteiger partial charge in [0.1, 0.15) is 12.4 Å². The van der Waals surface area contributed by atoms with Crippen molar-refractivity contribution in [2.45, 2.75) is 6.42 Å². The van der Waals surface area contributed by atoms with E-state index in [0.717, 1.165) is 15.8 Å². The summed E-state index contributed by atoms with van der Waals surface area (Å²) in [7, 11) is 0. The van der Waals surface area contributed by atoms with Gasteiger partial charge in [-0.15, -0.1) is 0 Å². The zero-order valence-electron chi connectivity index (χ0n) is 11.3. The first kappa shape index (κ1) is 15.9. The van der Waals surface area contributed by atoms with Crippen molar-refractivity contribution in [2.75, 3.05) is 13.2 Å². The van der Waals surface area contributed by atoms with Crippen LogP contribution in [-0.4, -0.2) is 19.1 Å². The second kappa shape index (κ2) is 8.05. The molecule has 1 N–H and O–H groups in total. The summed E-state index contributed by atoms with van der Waals surface area (Å²) in [4.78, 5) is 11.7. The maximum atomic E-state index is 11.7. The van der Waals surface area contributed by atoms with Crippen LogP contribution in [0.3, 0.4) is 0 Å². The molecule has 0 aliphatic heterocycles. The summed E-state index contributed by atoms with van der Waals surface area (Å²) in [6.45, 7) is 0.913. The molecule has 0 fully saturated rings. The minimum atomic E-state index is -0.0308. The number of halogens is 2. The quantitative estimate of drug-likeness (QED) is 0.787. The molecule has 0 aliphatic carbocycles. The van der Waals surface area contributed by atoms with E-state index in [1.54, 1.807) is 12.1 Å². The average molecular weight is 369 g/mol. The van der Waals surface area contributed by atoms with Gasteiger partial charge in [-0.05, 0) is 42.0 Å². The van der Waals surface area contributed by atoms with E-state index in [1.165, 1.54) is 0 Å². The third kappa shape index (κ3) is 5.78. The van der Waals surface area contributed by atoms with Crippen molar-refractivity contribution in [3.05, 3.63) is 63.6 Å². The molecule has 3 nitrogen and oxygen atoms in total. The van der Waals surface area contributed by atoms with E-state index in [0.29, 0.717) is 24.6 Å². The second-order valence-electron chi connectivity index (χ2n) is 4.46. The van der Waals surface area contributed by atoms with E-state index >= 15 is 0 Å². The van der Waals surface area contributed by atoms with E-state index in [4.69, 9.17) is 16.3 Å². The highest BCUT2D eigenvalue weighted by atomic mass is 79.9. The second-order valence-corrected chi connectivity index (χ2v) is 5.81. The first-order valence-electron chi connectivity index (χ1n) is 6.53. The predicted octanol–water partition coefficient (Wildman–Crippen LogP) is 3.84. The van der Waals surface area contributed by atoms with Gasteiger partial charge in [0, 0.05) is 9.50 Å². The Labute approximate surface area is 137 Å². The summed E-state index contributed by atoms with van der Waals surface area (Å²) in [6, 6.07) is 14.8. The number of benzene rings is 2. The SMILES string of the molecule is O=C(Cc1ccc(Cl)cc1)NCCOc1ccc(Br)cc1. The van der Waals surface area contributed by atoms with Crippen molar-refractivity contribution in [1.82, 2.24) is 5.32 Å². The van der Waals surface area contributed by atoms with Crippen LogP contribution in [0.4, 0.5) is 0 Å². The first-order chi connectivity index (χ1) is 10.1. The minimum Gasteiger partial charge on any atom is -0.492 e. The van der Waals surface area contributed by atoms with Gasteiger partial charge in [0.25, 0.3) is 0 Å². The fraction of sp³-hybridized carbons (Fsp3) is 0.188. The molecule has 1 amide bonds. The number of rotatable bonds is 6. The Hall–Kier alpha value is -1.52. The lowest BCUT2D eigenvalue weighted by Crippen LogP contribution is -2.29. The number of nitrogens with one attached hydrogen (secondary N) is 1. The Kier molecular flexibility index (Phi) is 6.08. The van der Waals surface area contributed by atoms with Crippen LogP contribution in [0, 0.1) is 0 Å². The van der Waals surface area contributed by atoms with Gasteiger partial charge in [-0.3, -0.25) is 4.79 Å². The molecular formula is C16H15BrClNO2. The largest absolute Gasteiger partial charge is 0.492 e.